The topological polar surface area (TPSA) is 45.8 Å². The molecule has 3 heterocycles. The first-order chi connectivity index (χ1) is 11.3. The molecule has 1 aliphatic heterocycles. The second kappa shape index (κ2) is 5.85. The van der Waals surface area contributed by atoms with Gasteiger partial charge in [0.15, 0.2) is 0 Å². The fraction of sp³-hybridized carbons (Fsp3) is 0.111. The first-order valence-electron chi connectivity index (χ1n) is 7.36. The van der Waals surface area contributed by atoms with Gasteiger partial charge in [0.2, 0.25) is 0 Å². The summed E-state index contributed by atoms with van der Waals surface area (Å²) in [5.74, 6) is 0.641. The Morgan fingerprint density at radius 2 is 2.00 bits per heavy atom. The van der Waals surface area contributed by atoms with E-state index in [1.807, 2.05) is 60.0 Å². The van der Waals surface area contributed by atoms with E-state index in [0.29, 0.717) is 17.1 Å². The minimum Gasteiger partial charge on any atom is -0.463 e. The van der Waals surface area contributed by atoms with Gasteiger partial charge in [0, 0.05) is 6.42 Å². The van der Waals surface area contributed by atoms with Crippen molar-refractivity contribution in [1.29, 1.82) is 0 Å². The molecule has 0 fully saturated rings. The second-order valence-electron chi connectivity index (χ2n) is 5.28. The Kier molecular flexibility index (Phi) is 3.55. The molecule has 1 atom stereocenters. The lowest BCUT2D eigenvalue weighted by molar-refractivity contribution is 0.0716. The van der Waals surface area contributed by atoms with E-state index >= 15 is 0 Å². The maximum Gasteiger partial charge on any atom is 0.284 e. The summed E-state index contributed by atoms with van der Waals surface area (Å²) in [6.07, 6.45) is 2.27. The summed E-state index contributed by atoms with van der Waals surface area (Å²) in [6.45, 7) is 0. The highest BCUT2D eigenvalue weighted by molar-refractivity contribution is 7.12. The number of amides is 1. The molecule has 5 heteroatoms. The summed E-state index contributed by atoms with van der Waals surface area (Å²) in [7, 11) is 0. The smallest absolute Gasteiger partial charge is 0.284 e. The molecule has 0 N–H and O–H groups in total. The summed E-state index contributed by atoms with van der Waals surface area (Å²) >= 11 is 1.43. The standard InChI is InChI=1S/C18H14N2O2S/c21-18(17-9-5-11-23-17)20-15(13-6-2-1-3-7-13)12-14(19-20)16-8-4-10-22-16/h1-11,15H,12H2/t15-/m0/s1. The summed E-state index contributed by atoms with van der Waals surface area (Å²) in [5, 5.41) is 8.04. The number of nitrogens with zero attached hydrogens (tertiary/aromatic N) is 2. The molecule has 0 spiro atoms. The lowest BCUT2D eigenvalue weighted by Crippen LogP contribution is -2.26. The number of benzene rings is 1. The highest BCUT2D eigenvalue weighted by Crippen LogP contribution is 2.34. The Morgan fingerprint density at radius 1 is 1.13 bits per heavy atom. The molecular formula is C18H14N2O2S. The number of furan rings is 1. The van der Waals surface area contributed by atoms with Crippen molar-refractivity contribution in [3.05, 3.63) is 82.4 Å². The summed E-state index contributed by atoms with van der Waals surface area (Å²) < 4.78 is 5.45. The van der Waals surface area contributed by atoms with Crippen LogP contribution in [0.1, 0.15) is 33.5 Å². The third-order valence-electron chi connectivity index (χ3n) is 3.84. The summed E-state index contributed by atoms with van der Waals surface area (Å²) in [5.41, 5.74) is 1.87. The third-order valence-corrected chi connectivity index (χ3v) is 4.70. The molecule has 0 radical (unpaired) electrons. The Labute approximate surface area is 137 Å². The number of hydrogen-bond acceptors (Lipinski definition) is 4. The molecule has 1 amide bonds. The van der Waals surface area contributed by atoms with Crippen molar-refractivity contribution in [2.75, 3.05) is 0 Å². The van der Waals surface area contributed by atoms with Gasteiger partial charge in [0.1, 0.15) is 11.5 Å². The Bertz CT molecular complexity index is 823. The first-order valence-corrected chi connectivity index (χ1v) is 8.24. The predicted molar refractivity (Wildman–Crippen MR) is 89.5 cm³/mol. The predicted octanol–water partition coefficient (Wildman–Crippen LogP) is 4.33. The zero-order valence-electron chi connectivity index (χ0n) is 12.3. The van der Waals surface area contributed by atoms with Gasteiger partial charge in [-0.05, 0) is 29.1 Å². The zero-order chi connectivity index (χ0) is 15.6. The van der Waals surface area contributed by atoms with Crippen molar-refractivity contribution in [1.82, 2.24) is 5.01 Å². The van der Waals surface area contributed by atoms with Crippen LogP contribution >= 0.6 is 11.3 Å². The normalized spacial score (nSPS) is 17.3. The van der Waals surface area contributed by atoms with Crippen LogP contribution in [0.3, 0.4) is 0 Å². The van der Waals surface area contributed by atoms with Gasteiger partial charge in [-0.15, -0.1) is 11.3 Å². The molecule has 0 saturated carbocycles. The van der Waals surface area contributed by atoms with E-state index in [1.54, 1.807) is 11.3 Å². The van der Waals surface area contributed by atoms with Gasteiger partial charge in [-0.1, -0.05) is 36.4 Å². The van der Waals surface area contributed by atoms with Crippen molar-refractivity contribution in [3.8, 4) is 0 Å². The van der Waals surface area contributed by atoms with Crippen LogP contribution in [0.2, 0.25) is 0 Å². The molecule has 4 nitrogen and oxygen atoms in total. The third kappa shape index (κ3) is 2.59. The fourth-order valence-electron chi connectivity index (χ4n) is 2.74. The molecule has 114 valence electrons. The first kappa shape index (κ1) is 14.0. The largest absolute Gasteiger partial charge is 0.463 e. The van der Waals surface area contributed by atoms with Crippen molar-refractivity contribution in [2.24, 2.45) is 5.10 Å². The van der Waals surface area contributed by atoms with Gasteiger partial charge in [-0.2, -0.15) is 5.10 Å². The number of hydrazone groups is 1. The quantitative estimate of drug-likeness (QED) is 0.720. The molecule has 2 aromatic heterocycles. The van der Waals surface area contributed by atoms with Crippen LogP contribution in [0.4, 0.5) is 0 Å². The van der Waals surface area contributed by atoms with Crippen LogP contribution in [-0.2, 0) is 0 Å². The average molecular weight is 322 g/mol. The molecule has 0 bridgehead atoms. The summed E-state index contributed by atoms with van der Waals surface area (Å²) in [6, 6.07) is 17.3. The number of rotatable bonds is 3. The van der Waals surface area contributed by atoms with Gasteiger partial charge in [-0.25, -0.2) is 5.01 Å². The fourth-order valence-corrected chi connectivity index (χ4v) is 3.39. The van der Waals surface area contributed by atoms with Gasteiger partial charge < -0.3 is 4.42 Å². The van der Waals surface area contributed by atoms with Gasteiger partial charge in [0.05, 0.1) is 17.2 Å². The minimum absolute atomic E-state index is 0.0737. The summed E-state index contributed by atoms with van der Waals surface area (Å²) in [4.78, 5) is 13.5. The van der Waals surface area contributed by atoms with E-state index in [-0.39, 0.29) is 11.9 Å². The van der Waals surface area contributed by atoms with Crippen molar-refractivity contribution in [3.63, 3.8) is 0 Å². The molecule has 0 aliphatic carbocycles. The molecule has 23 heavy (non-hydrogen) atoms. The van der Waals surface area contributed by atoms with E-state index in [9.17, 15) is 4.79 Å². The molecule has 1 aliphatic rings. The molecular weight excluding hydrogens is 308 g/mol. The molecule has 1 aromatic carbocycles. The van der Waals surface area contributed by atoms with E-state index < -0.39 is 0 Å². The van der Waals surface area contributed by atoms with Crippen LogP contribution in [-0.4, -0.2) is 16.6 Å². The number of thiophene rings is 1. The monoisotopic (exact) mass is 322 g/mol. The Balaban J connectivity index is 1.72. The zero-order valence-corrected chi connectivity index (χ0v) is 13.1. The number of hydrogen-bond donors (Lipinski definition) is 0. The maximum atomic E-state index is 12.8. The van der Waals surface area contributed by atoms with Crippen LogP contribution in [0.25, 0.3) is 0 Å². The van der Waals surface area contributed by atoms with Crippen LogP contribution < -0.4 is 0 Å². The van der Waals surface area contributed by atoms with E-state index in [4.69, 9.17) is 4.42 Å². The average Bonchev–Trinajstić information content (AvgIpc) is 3.35. The highest BCUT2D eigenvalue weighted by atomic mass is 32.1. The van der Waals surface area contributed by atoms with Crippen LogP contribution in [0.15, 0.2) is 75.8 Å². The van der Waals surface area contributed by atoms with Crippen molar-refractivity contribution >= 4 is 23.0 Å². The van der Waals surface area contributed by atoms with Crippen molar-refractivity contribution in [2.45, 2.75) is 12.5 Å². The molecule has 3 aromatic rings. The number of carbonyl (C=O) groups excluding carboxylic acids is 1. The molecule has 0 saturated heterocycles. The lowest BCUT2D eigenvalue weighted by atomic mass is 10.0. The minimum atomic E-state index is -0.106. The lowest BCUT2D eigenvalue weighted by Gasteiger charge is -2.21. The van der Waals surface area contributed by atoms with Gasteiger partial charge in [-0.3, -0.25) is 4.79 Å². The van der Waals surface area contributed by atoms with E-state index in [1.165, 1.54) is 11.3 Å². The number of carbonyl (C=O) groups is 1. The maximum absolute atomic E-state index is 12.8. The van der Waals surface area contributed by atoms with E-state index in [0.717, 1.165) is 11.3 Å². The highest BCUT2D eigenvalue weighted by Gasteiger charge is 2.34. The molecule has 4 rings (SSSR count). The SMILES string of the molecule is O=C(c1cccs1)N1N=C(c2ccco2)C[C@H]1c1ccccc1. The van der Waals surface area contributed by atoms with Gasteiger partial charge in [0.25, 0.3) is 5.91 Å². The van der Waals surface area contributed by atoms with Crippen LogP contribution in [0, 0.1) is 0 Å². The molecule has 0 unspecified atom stereocenters. The second-order valence-corrected chi connectivity index (χ2v) is 6.23. The van der Waals surface area contributed by atoms with Gasteiger partial charge >= 0.3 is 0 Å². The Hall–Kier alpha value is -2.66. The Morgan fingerprint density at radius 3 is 2.70 bits per heavy atom. The van der Waals surface area contributed by atoms with Crippen LogP contribution in [0.5, 0.6) is 0 Å². The van der Waals surface area contributed by atoms with Crippen molar-refractivity contribution < 1.29 is 9.21 Å². The van der Waals surface area contributed by atoms with E-state index in [2.05, 4.69) is 5.10 Å².